The van der Waals surface area contributed by atoms with Crippen molar-refractivity contribution in [3.63, 3.8) is 0 Å². The molecule has 2 atom stereocenters. The second kappa shape index (κ2) is 5.88. The number of hydrogen-bond donors (Lipinski definition) is 1. The van der Waals surface area contributed by atoms with Crippen molar-refractivity contribution >= 4 is 11.8 Å². The minimum atomic E-state index is -0.448. The Hall–Kier alpha value is -1.89. The van der Waals surface area contributed by atoms with Gasteiger partial charge in [-0.25, -0.2) is 0 Å². The van der Waals surface area contributed by atoms with Crippen LogP contribution in [0.5, 0.6) is 0 Å². The zero-order chi connectivity index (χ0) is 17.5. The third-order valence-electron chi connectivity index (χ3n) is 5.20. The molecule has 1 aromatic rings. The second-order valence-electron chi connectivity index (χ2n) is 7.40. The first-order chi connectivity index (χ1) is 11.3. The number of aromatic nitrogens is 1. The van der Waals surface area contributed by atoms with Crippen LogP contribution >= 0.6 is 0 Å². The molecular weight excluding hydrogens is 310 g/mol. The van der Waals surface area contributed by atoms with E-state index in [1.165, 1.54) is 6.26 Å². The van der Waals surface area contributed by atoms with Gasteiger partial charge in [-0.1, -0.05) is 5.16 Å². The maximum absolute atomic E-state index is 13.1. The highest BCUT2D eigenvalue weighted by Crippen LogP contribution is 2.49. The number of carbonyl (C=O) groups excluding carboxylic acids is 2. The van der Waals surface area contributed by atoms with Gasteiger partial charge in [0.05, 0.1) is 29.4 Å². The average Bonchev–Trinajstić information content (AvgIpc) is 3.17. The highest BCUT2D eigenvalue weighted by atomic mass is 16.5. The molecule has 3 heterocycles. The Balaban J connectivity index is 1.94. The maximum atomic E-state index is 13.1. The number of aryl methyl sites for hydroxylation is 1. The number of amides is 2. The lowest BCUT2D eigenvalue weighted by Gasteiger charge is -2.38. The van der Waals surface area contributed by atoms with Gasteiger partial charge in [-0.15, -0.1) is 0 Å². The first-order valence-electron chi connectivity index (χ1n) is 8.40. The fraction of sp³-hybridized carbons (Fsp3) is 0.706. The first-order valence-corrected chi connectivity index (χ1v) is 8.40. The molecule has 2 amide bonds. The van der Waals surface area contributed by atoms with Crippen molar-refractivity contribution in [3.05, 3.63) is 17.5 Å². The van der Waals surface area contributed by atoms with Crippen molar-refractivity contribution in [1.29, 1.82) is 0 Å². The standard InChI is InChI=1S/C17H25N3O4/c1-11-12(9-23-19-11)15(22)20-7-5-6-17(20)10-16(2,3)24-13(17)8-14(21)18-4/h9,13H,5-8,10H2,1-4H3,(H,18,21)/t13-,17+/m0/s1. The van der Waals surface area contributed by atoms with E-state index in [-0.39, 0.29) is 29.9 Å². The molecule has 1 spiro atoms. The molecule has 0 unspecified atom stereocenters. The van der Waals surface area contributed by atoms with Crippen molar-refractivity contribution in [2.75, 3.05) is 13.6 Å². The Morgan fingerprint density at radius 1 is 1.46 bits per heavy atom. The number of nitrogens with one attached hydrogen (secondary N) is 1. The zero-order valence-electron chi connectivity index (χ0n) is 14.7. The quantitative estimate of drug-likeness (QED) is 0.908. The lowest BCUT2D eigenvalue weighted by molar-refractivity contribution is -0.126. The molecule has 2 saturated heterocycles. The van der Waals surface area contributed by atoms with Crippen LogP contribution in [0.25, 0.3) is 0 Å². The van der Waals surface area contributed by atoms with Crippen LogP contribution in [0.4, 0.5) is 0 Å². The summed E-state index contributed by atoms with van der Waals surface area (Å²) in [6.07, 6.45) is 3.81. The van der Waals surface area contributed by atoms with E-state index in [1.807, 2.05) is 18.7 Å². The van der Waals surface area contributed by atoms with Gasteiger partial charge < -0.3 is 19.5 Å². The summed E-state index contributed by atoms with van der Waals surface area (Å²) < 4.78 is 11.1. The van der Waals surface area contributed by atoms with Gasteiger partial charge in [0.25, 0.3) is 5.91 Å². The number of ether oxygens (including phenoxy) is 1. The highest BCUT2D eigenvalue weighted by Gasteiger charge is 2.58. The lowest BCUT2D eigenvalue weighted by atomic mass is 9.82. The first kappa shape index (κ1) is 17.0. The number of likely N-dealkylation sites (tertiary alicyclic amines) is 1. The van der Waals surface area contributed by atoms with Crippen LogP contribution in [-0.2, 0) is 9.53 Å². The molecule has 1 aromatic heterocycles. The van der Waals surface area contributed by atoms with Crippen molar-refractivity contribution in [1.82, 2.24) is 15.4 Å². The molecule has 0 saturated carbocycles. The fourth-order valence-electron chi connectivity index (χ4n) is 4.26. The smallest absolute Gasteiger partial charge is 0.259 e. The van der Waals surface area contributed by atoms with Crippen LogP contribution in [0.1, 0.15) is 55.6 Å². The third-order valence-corrected chi connectivity index (χ3v) is 5.20. The van der Waals surface area contributed by atoms with Gasteiger partial charge in [0.1, 0.15) is 11.8 Å². The van der Waals surface area contributed by atoms with Crippen molar-refractivity contribution < 1.29 is 18.8 Å². The molecule has 2 fully saturated rings. The molecule has 3 rings (SSSR count). The van der Waals surface area contributed by atoms with Gasteiger partial charge in [-0.05, 0) is 33.6 Å². The Bertz CT molecular complexity index is 654. The fourth-order valence-corrected chi connectivity index (χ4v) is 4.26. The molecular formula is C17H25N3O4. The van der Waals surface area contributed by atoms with E-state index in [1.54, 1.807) is 14.0 Å². The Labute approximate surface area is 141 Å². The van der Waals surface area contributed by atoms with Crippen LogP contribution in [0.15, 0.2) is 10.8 Å². The van der Waals surface area contributed by atoms with Crippen molar-refractivity contribution in [3.8, 4) is 0 Å². The predicted octanol–water partition coefficient (Wildman–Crippen LogP) is 1.66. The van der Waals surface area contributed by atoms with E-state index in [4.69, 9.17) is 9.26 Å². The monoisotopic (exact) mass is 335 g/mol. The molecule has 0 bridgehead atoms. The number of hydrogen-bond acceptors (Lipinski definition) is 5. The molecule has 0 aliphatic carbocycles. The molecule has 0 aromatic carbocycles. The normalized spacial score (nSPS) is 28.5. The number of carbonyl (C=O) groups is 2. The molecule has 24 heavy (non-hydrogen) atoms. The molecule has 132 valence electrons. The summed E-state index contributed by atoms with van der Waals surface area (Å²) in [7, 11) is 1.62. The van der Waals surface area contributed by atoms with Gasteiger partial charge in [0, 0.05) is 20.0 Å². The molecule has 2 aliphatic rings. The molecule has 7 heteroatoms. The Morgan fingerprint density at radius 2 is 2.21 bits per heavy atom. The topological polar surface area (TPSA) is 84.7 Å². The number of nitrogens with zero attached hydrogens (tertiary/aromatic N) is 2. The largest absolute Gasteiger partial charge is 0.369 e. The molecule has 0 radical (unpaired) electrons. The third kappa shape index (κ3) is 2.70. The SMILES string of the molecule is CNC(=O)C[C@@H]1OC(C)(C)C[C@]12CCCN2C(=O)c1conc1C. The minimum absolute atomic E-state index is 0.0717. The molecule has 1 N–H and O–H groups in total. The van der Waals surface area contributed by atoms with Gasteiger partial charge >= 0.3 is 0 Å². The van der Waals surface area contributed by atoms with Crippen molar-refractivity contribution in [2.24, 2.45) is 0 Å². The van der Waals surface area contributed by atoms with E-state index >= 15 is 0 Å². The van der Waals surface area contributed by atoms with E-state index < -0.39 is 5.54 Å². The molecule has 2 aliphatic heterocycles. The van der Waals surface area contributed by atoms with Crippen LogP contribution in [0.2, 0.25) is 0 Å². The summed E-state index contributed by atoms with van der Waals surface area (Å²) in [5, 5.41) is 6.47. The second-order valence-corrected chi connectivity index (χ2v) is 7.40. The van der Waals surface area contributed by atoms with Gasteiger partial charge in [-0.2, -0.15) is 0 Å². The van der Waals surface area contributed by atoms with Crippen LogP contribution in [-0.4, -0.2) is 52.7 Å². The van der Waals surface area contributed by atoms with Crippen LogP contribution in [0, 0.1) is 6.92 Å². The minimum Gasteiger partial charge on any atom is -0.369 e. The van der Waals surface area contributed by atoms with Gasteiger partial charge in [0.2, 0.25) is 5.91 Å². The van der Waals surface area contributed by atoms with Gasteiger partial charge in [-0.3, -0.25) is 9.59 Å². The number of rotatable bonds is 3. The van der Waals surface area contributed by atoms with E-state index in [9.17, 15) is 9.59 Å². The summed E-state index contributed by atoms with van der Waals surface area (Å²) in [6.45, 7) is 6.46. The Kier molecular flexibility index (Phi) is 4.15. The molecule has 7 nitrogen and oxygen atoms in total. The van der Waals surface area contributed by atoms with Crippen molar-refractivity contribution in [2.45, 2.75) is 63.7 Å². The predicted molar refractivity (Wildman–Crippen MR) is 86.5 cm³/mol. The summed E-state index contributed by atoms with van der Waals surface area (Å²) in [5.41, 5.74) is 0.255. The zero-order valence-corrected chi connectivity index (χ0v) is 14.7. The van der Waals surface area contributed by atoms with E-state index in [2.05, 4.69) is 10.5 Å². The Morgan fingerprint density at radius 3 is 2.83 bits per heavy atom. The maximum Gasteiger partial charge on any atom is 0.259 e. The summed E-state index contributed by atoms with van der Waals surface area (Å²) >= 11 is 0. The summed E-state index contributed by atoms with van der Waals surface area (Å²) in [5.74, 6) is -0.160. The van der Waals surface area contributed by atoms with E-state index in [0.29, 0.717) is 17.8 Å². The van der Waals surface area contributed by atoms with E-state index in [0.717, 1.165) is 19.3 Å². The summed E-state index contributed by atoms with van der Waals surface area (Å²) in [4.78, 5) is 26.9. The van der Waals surface area contributed by atoms with Crippen LogP contribution < -0.4 is 5.32 Å². The summed E-state index contributed by atoms with van der Waals surface area (Å²) in [6, 6.07) is 0. The average molecular weight is 335 g/mol. The van der Waals surface area contributed by atoms with Crippen LogP contribution in [0.3, 0.4) is 0 Å². The van der Waals surface area contributed by atoms with Gasteiger partial charge in [0.15, 0.2) is 0 Å². The highest BCUT2D eigenvalue weighted by molar-refractivity contribution is 5.95. The lowest BCUT2D eigenvalue weighted by Crippen LogP contribution is -2.53.